The van der Waals surface area contributed by atoms with Crippen LogP contribution in [0.5, 0.6) is 0 Å². The maximum absolute atomic E-state index is 12.6. The second-order valence-electron chi connectivity index (χ2n) is 7.88. The second kappa shape index (κ2) is 11.3. The zero-order chi connectivity index (χ0) is 23.8. The maximum Gasteiger partial charge on any atom is 0.255 e. The van der Waals surface area contributed by atoms with Crippen molar-refractivity contribution in [2.75, 3.05) is 5.32 Å². The standard InChI is InChI=1S/C28H25N3O2S/c1-20-7-9-24(10-8-20)28(33)31-25-6-2-4-21(16-25)18-30-27(32)23-11-13-26(14-12-23)34-19-22-5-3-15-29-17-22/h2-17H,18-19H2,1H3,(H,30,32)(H,31,33). The number of hydrogen-bond acceptors (Lipinski definition) is 4. The lowest BCUT2D eigenvalue weighted by atomic mass is 10.1. The Morgan fingerprint density at radius 3 is 2.26 bits per heavy atom. The van der Waals surface area contributed by atoms with Crippen LogP contribution in [-0.2, 0) is 12.3 Å². The Hall–Kier alpha value is -3.90. The zero-order valence-corrected chi connectivity index (χ0v) is 19.6. The molecule has 2 N–H and O–H groups in total. The molecule has 0 radical (unpaired) electrons. The predicted molar refractivity (Wildman–Crippen MR) is 137 cm³/mol. The molecule has 0 unspecified atom stereocenters. The Balaban J connectivity index is 1.29. The van der Waals surface area contributed by atoms with Gasteiger partial charge in [-0.05, 0) is 72.6 Å². The lowest BCUT2D eigenvalue weighted by Crippen LogP contribution is -2.22. The van der Waals surface area contributed by atoms with Crippen molar-refractivity contribution in [3.8, 4) is 0 Å². The summed E-state index contributed by atoms with van der Waals surface area (Å²) in [4.78, 5) is 30.3. The molecular formula is C28H25N3O2S. The molecule has 6 heteroatoms. The molecule has 0 saturated heterocycles. The molecule has 0 atom stereocenters. The van der Waals surface area contributed by atoms with Gasteiger partial charge in [0.25, 0.3) is 11.8 Å². The number of amides is 2. The molecule has 0 fully saturated rings. The topological polar surface area (TPSA) is 71.1 Å². The summed E-state index contributed by atoms with van der Waals surface area (Å²) in [7, 11) is 0. The van der Waals surface area contributed by atoms with Gasteiger partial charge >= 0.3 is 0 Å². The molecule has 4 aromatic rings. The van der Waals surface area contributed by atoms with Crippen molar-refractivity contribution < 1.29 is 9.59 Å². The van der Waals surface area contributed by atoms with E-state index in [2.05, 4.69) is 15.6 Å². The Labute approximate surface area is 203 Å². The van der Waals surface area contributed by atoms with Crippen LogP contribution in [0.25, 0.3) is 0 Å². The van der Waals surface area contributed by atoms with Crippen molar-refractivity contribution in [3.05, 3.63) is 125 Å². The summed E-state index contributed by atoms with van der Waals surface area (Å²) in [6, 6.07) is 26.5. The molecule has 0 spiro atoms. The summed E-state index contributed by atoms with van der Waals surface area (Å²) in [5.41, 5.74) is 5.06. The maximum atomic E-state index is 12.6. The number of rotatable bonds is 8. The van der Waals surface area contributed by atoms with Gasteiger partial charge in [-0.2, -0.15) is 0 Å². The van der Waals surface area contributed by atoms with Gasteiger partial charge in [0.1, 0.15) is 0 Å². The summed E-state index contributed by atoms with van der Waals surface area (Å²) in [5.74, 6) is 0.525. The number of nitrogens with zero attached hydrogens (tertiary/aromatic N) is 1. The highest BCUT2D eigenvalue weighted by Gasteiger charge is 2.08. The highest BCUT2D eigenvalue weighted by atomic mass is 32.2. The normalized spacial score (nSPS) is 10.5. The zero-order valence-electron chi connectivity index (χ0n) is 18.8. The van der Waals surface area contributed by atoms with Gasteiger partial charge in [-0.3, -0.25) is 14.6 Å². The second-order valence-corrected chi connectivity index (χ2v) is 8.93. The molecule has 170 valence electrons. The minimum absolute atomic E-state index is 0.141. The number of aryl methyl sites for hydroxylation is 1. The minimum Gasteiger partial charge on any atom is -0.348 e. The number of nitrogens with one attached hydrogen (secondary N) is 2. The van der Waals surface area contributed by atoms with E-state index < -0.39 is 0 Å². The van der Waals surface area contributed by atoms with Crippen LogP contribution < -0.4 is 10.6 Å². The highest BCUT2D eigenvalue weighted by molar-refractivity contribution is 7.98. The van der Waals surface area contributed by atoms with Crippen LogP contribution in [0.15, 0.2) is 102 Å². The quantitative estimate of drug-likeness (QED) is 0.318. The van der Waals surface area contributed by atoms with Gasteiger partial charge in [0.05, 0.1) is 0 Å². The molecule has 0 aliphatic heterocycles. The van der Waals surface area contributed by atoms with E-state index in [0.717, 1.165) is 27.3 Å². The lowest BCUT2D eigenvalue weighted by Gasteiger charge is -2.09. The molecule has 0 aliphatic carbocycles. The third-order valence-electron chi connectivity index (χ3n) is 5.20. The molecule has 0 bridgehead atoms. The van der Waals surface area contributed by atoms with E-state index in [1.54, 1.807) is 30.1 Å². The number of pyridine rings is 1. The Bertz CT molecular complexity index is 1260. The van der Waals surface area contributed by atoms with Crippen LogP contribution in [-0.4, -0.2) is 16.8 Å². The number of aromatic nitrogens is 1. The van der Waals surface area contributed by atoms with Gasteiger partial charge in [-0.15, -0.1) is 11.8 Å². The molecular weight excluding hydrogens is 442 g/mol. The van der Waals surface area contributed by atoms with Gasteiger partial charge in [0.15, 0.2) is 0 Å². The average molecular weight is 468 g/mol. The molecule has 1 aromatic heterocycles. The van der Waals surface area contributed by atoms with E-state index in [0.29, 0.717) is 23.4 Å². The Kier molecular flexibility index (Phi) is 7.73. The predicted octanol–water partition coefficient (Wildman–Crippen LogP) is 5.86. The molecule has 34 heavy (non-hydrogen) atoms. The third kappa shape index (κ3) is 6.56. The monoisotopic (exact) mass is 467 g/mol. The number of carbonyl (C=O) groups is 2. The molecule has 4 rings (SSSR count). The average Bonchev–Trinajstić information content (AvgIpc) is 2.87. The van der Waals surface area contributed by atoms with Crippen LogP contribution in [0, 0.1) is 6.92 Å². The summed E-state index contributed by atoms with van der Waals surface area (Å²) in [5, 5.41) is 5.85. The molecule has 2 amide bonds. The van der Waals surface area contributed by atoms with Crippen molar-refractivity contribution in [1.82, 2.24) is 10.3 Å². The van der Waals surface area contributed by atoms with Gasteiger partial charge in [0, 0.05) is 46.4 Å². The van der Waals surface area contributed by atoms with Crippen LogP contribution in [0.3, 0.4) is 0 Å². The summed E-state index contributed by atoms with van der Waals surface area (Å²) in [6.45, 7) is 2.35. The number of hydrogen-bond donors (Lipinski definition) is 2. The highest BCUT2D eigenvalue weighted by Crippen LogP contribution is 2.22. The first-order chi connectivity index (χ1) is 16.6. The summed E-state index contributed by atoms with van der Waals surface area (Å²) in [6.07, 6.45) is 3.62. The van der Waals surface area contributed by atoms with Crippen LogP contribution in [0.4, 0.5) is 5.69 Å². The van der Waals surface area contributed by atoms with Crippen molar-refractivity contribution in [1.29, 1.82) is 0 Å². The van der Waals surface area contributed by atoms with Crippen molar-refractivity contribution in [2.24, 2.45) is 0 Å². The SMILES string of the molecule is Cc1ccc(C(=O)Nc2cccc(CNC(=O)c3ccc(SCc4cccnc4)cc3)c2)cc1. The fourth-order valence-corrected chi connectivity index (χ4v) is 4.14. The van der Waals surface area contributed by atoms with E-state index >= 15 is 0 Å². The number of benzene rings is 3. The minimum atomic E-state index is -0.164. The molecule has 3 aromatic carbocycles. The van der Waals surface area contributed by atoms with Gasteiger partial charge < -0.3 is 10.6 Å². The molecule has 5 nitrogen and oxygen atoms in total. The number of thioether (sulfide) groups is 1. The molecule has 1 heterocycles. The van der Waals surface area contributed by atoms with E-state index in [-0.39, 0.29) is 11.8 Å². The van der Waals surface area contributed by atoms with Crippen molar-refractivity contribution in [2.45, 2.75) is 24.1 Å². The van der Waals surface area contributed by atoms with E-state index in [1.807, 2.05) is 85.9 Å². The van der Waals surface area contributed by atoms with E-state index in [4.69, 9.17) is 0 Å². The van der Waals surface area contributed by atoms with Crippen LogP contribution in [0.1, 0.15) is 37.4 Å². The van der Waals surface area contributed by atoms with Crippen LogP contribution >= 0.6 is 11.8 Å². The van der Waals surface area contributed by atoms with Gasteiger partial charge in [-0.1, -0.05) is 35.9 Å². The largest absolute Gasteiger partial charge is 0.348 e. The van der Waals surface area contributed by atoms with Gasteiger partial charge in [-0.25, -0.2) is 0 Å². The first kappa shape index (κ1) is 23.3. The molecule has 0 aliphatic rings. The summed E-state index contributed by atoms with van der Waals surface area (Å²) >= 11 is 1.70. The smallest absolute Gasteiger partial charge is 0.255 e. The first-order valence-electron chi connectivity index (χ1n) is 10.9. The van der Waals surface area contributed by atoms with Crippen molar-refractivity contribution >= 4 is 29.3 Å². The summed E-state index contributed by atoms with van der Waals surface area (Å²) < 4.78 is 0. The van der Waals surface area contributed by atoms with Gasteiger partial charge in [0.2, 0.25) is 0 Å². The van der Waals surface area contributed by atoms with Crippen LogP contribution in [0.2, 0.25) is 0 Å². The molecule has 0 saturated carbocycles. The third-order valence-corrected chi connectivity index (χ3v) is 6.28. The fraction of sp³-hybridized carbons (Fsp3) is 0.107. The lowest BCUT2D eigenvalue weighted by molar-refractivity contribution is 0.0950. The van der Waals surface area contributed by atoms with E-state index in [9.17, 15) is 9.59 Å². The number of anilines is 1. The fourth-order valence-electron chi connectivity index (χ4n) is 3.30. The van der Waals surface area contributed by atoms with E-state index in [1.165, 1.54) is 0 Å². The Morgan fingerprint density at radius 2 is 1.53 bits per heavy atom. The van der Waals surface area contributed by atoms with Crippen molar-refractivity contribution in [3.63, 3.8) is 0 Å². The first-order valence-corrected chi connectivity index (χ1v) is 11.9. The number of carbonyl (C=O) groups excluding carboxylic acids is 2. The Morgan fingerprint density at radius 1 is 0.824 bits per heavy atom.